The molecule has 1 aliphatic rings. The first-order valence-corrected chi connectivity index (χ1v) is 11.5. The van der Waals surface area contributed by atoms with Gasteiger partial charge in [0.1, 0.15) is 5.75 Å². The second-order valence-corrected chi connectivity index (χ2v) is 8.80. The fourth-order valence-corrected chi connectivity index (χ4v) is 4.30. The Morgan fingerprint density at radius 3 is 2.63 bits per heavy atom. The number of rotatable bonds is 11. The van der Waals surface area contributed by atoms with Gasteiger partial charge in [-0.25, -0.2) is 0 Å². The van der Waals surface area contributed by atoms with Gasteiger partial charge in [0.15, 0.2) is 0 Å². The van der Waals surface area contributed by atoms with E-state index in [-0.39, 0.29) is 11.3 Å². The Labute approximate surface area is 179 Å². The van der Waals surface area contributed by atoms with Crippen molar-refractivity contribution < 1.29 is 10.2 Å². The zero-order chi connectivity index (χ0) is 21.3. The molecule has 1 atom stereocenters. The highest BCUT2D eigenvalue weighted by atomic mass is 16.3. The molecule has 30 heavy (non-hydrogen) atoms. The number of aliphatic hydroxyl groups is 1. The molecule has 4 N–H and O–H groups in total. The van der Waals surface area contributed by atoms with Gasteiger partial charge in [0.25, 0.3) is 0 Å². The summed E-state index contributed by atoms with van der Waals surface area (Å²) in [5.74, 6) is 0.922. The third kappa shape index (κ3) is 6.56. The van der Waals surface area contributed by atoms with Crippen molar-refractivity contribution in [2.75, 3.05) is 32.7 Å². The summed E-state index contributed by atoms with van der Waals surface area (Å²) in [4.78, 5) is 16.8. The molecule has 166 valence electrons. The number of phenolic OH excluding ortho intramolecular Hbond substituents is 1. The Hall–Kier alpha value is -1.89. The molecule has 6 nitrogen and oxygen atoms in total. The Morgan fingerprint density at radius 1 is 1.10 bits per heavy atom. The molecular weight excluding hydrogens is 378 g/mol. The molecular formula is C24H37N3O3. The fourth-order valence-electron chi connectivity index (χ4n) is 4.30. The SMILES string of the molecule is CC1CCN(CCCCCCCNC[C@H](O)c2ccc(O)c3[nH]c(=O)ccc23)CC1. The Kier molecular flexibility index (Phi) is 8.73. The summed E-state index contributed by atoms with van der Waals surface area (Å²) in [5.41, 5.74) is 0.810. The first kappa shape index (κ1) is 22.8. The average molecular weight is 416 g/mol. The molecule has 1 aromatic heterocycles. The number of nitrogens with one attached hydrogen (secondary N) is 2. The molecule has 1 aromatic carbocycles. The van der Waals surface area contributed by atoms with Crippen molar-refractivity contribution in [3.05, 3.63) is 40.2 Å². The number of piperidine rings is 1. The van der Waals surface area contributed by atoms with Crippen molar-refractivity contribution in [3.63, 3.8) is 0 Å². The van der Waals surface area contributed by atoms with Crippen LogP contribution in [0.15, 0.2) is 29.1 Å². The predicted molar refractivity (Wildman–Crippen MR) is 122 cm³/mol. The number of aromatic hydroxyl groups is 1. The molecule has 0 spiro atoms. The number of nitrogens with zero attached hydrogens (tertiary/aromatic N) is 1. The first-order valence-electron chi connectivity index (χ1n) is 11.5. The van der Waals surface area contributed by atoms with E-state index in [0.29, 0.717) is 23.0 Å². The quantitative estimate of drug-likeness (QED) is 0.422. The summed E-state index contributed by atoms with van der Waals surface area (Å²) in [6.07, 6.45) is 8.21. The Bertz CT molecular complexity index is 843. The van der Waals surface area contributed by atoms with E-state index >= 15 is 0 Å². The summed E-state index contributed by atoms with van der Waals surface area (Å²) in [5, 5.41) is 24.5. The number of aliphatic hydroxyl groups excluding tert-OH is 1. The van der Waals surface area contributed by atoms with Gasteiger partial charge in [-0.3, -0.25) is 4.79 Å². The van der Waals surface area contributed by atoms with E-state index in [1.807, 2.05) is 0 Å². The van der Waals surface area contributed by atoms with Gasteiger partial charge >= 0.3 is 0 Å². The zero-order valence-electron chi connectivity index (χ0n) is 18.2. The average Bonchev–Trinajstić information content (AvgIpc) is 2.74. The summed E-state index contributed by atoms with van der Waals surface area (Å²) >= 11 is 0. The van der Waals surface area contributed by atoms with E-state index in [1.165, 1.54) is 70.3 Å². The molecule has 1 saturated heterocycles. The standard InChI is InChI=1S/C24H37N3O3/c1-18-11-15-27(16-12-18)14-6-4-2-3-5-13-25-17-22(29)19-7-9-21(28)24-20(19)8-10-23(30)26-24/h7-10,18,22,25,28-29H,2-6,11-17H2,1H3,(H,26,30)/t22-/m0/s1. The van der Waals surface area contributed by atoms with Gasteiger partial charge < -0.3 is 25.4 Å². The molecule has 0 aliphatic carbocycles. The summed E-state index contributed by atoms with van der Waals surface area (Å²) in [7, 11) is 0. The largest absolute Gasteiger partial charge is 0.506 e. The second kappa shape index (κ2) is 11.5. The number of phenols is 1. The molecule has 0 radical (unpaired) electrons. The van der Waals surface area contributed by atoms with Crippen LogP contribution in [0.25, 0.3) is 10.9 Å². The number of benzene rings is 1. The second-order valence-electron chi connectivity index (χ2n) is 8.80. The van der Waals surface area contributed by atoms with Crippen LogP contribution in [0.2, 0.25) is 0 Å². The lowest BCUT2D eigenvalue weighted by Gasteiger charge is -2.30. The molecule has 0 amide bonds. The number of aromatic amines is 1. The first-order chi connectivity index (χ1) is 14.5. The summed E-state index contributed by atoms with van der Waals surface area (Å²) < 4.78 is 0. The number of H-pyrrole nitrogens is 1. The predicted octanol–water partition coefficient (Wildman–Crippen LogP) is 3.54. The third-order valence-corrected chi connectivity index (χ3v) is 6.31. The molecule has 1 fully saturated rings. The molecule has 6 heteroatoms. The maximum Gasteiger partial charge on any atom is 0.248 e. The van der Waals surface area contributed by atoms with Gasteiger partial charge in [0.05, 0.1) is 11.6 Å². The van der Waals surface area contributed by atoms with Gasteiger partial charge in [0, 0.05) is 18.0 Å². The minimum Gasteiger partial charge on any atom is -0.506 e. The van der Waals surface area contributed by atoms with Gasteiger partial charge in [-0.05, 0) is 75.5 Å². The normalized spacial score (nSPS) is 16.9. The Balaban J connectivity index is 1.29. The van der Waals surface area contributed by atoms with E-state index in [1.54, 1.807) is 12.1 Å². The minimum atomic E-state index is -0.689. The van der Waals surface area contributed by atoms with Gasteiger partial charge in [-0.1, -0.05) is 32.3 Å². The zero-order valence-corrected chi connectivity index (χ0v) is 18.2. The lowest BCUT2D eigenvalue weighted by Crippen LogP contribution is -2.33. The molecule has 3 rings (SSSR count). The van der Waals surface area contributed by atoms with Crippen LogP contribution in [0.3, 0.4) is 0 Å². The van der Waals surface area contributed by atoms with Crippen LogP contribution in [-0.2, 0) is 0 Å². The van der Waals surface area contributed by atoms with E-state index < -0.39 is 6.10 Å². The van der Waals surface area contributed by atoms with Crippen LogP contribution in [0.1, 0.15) is 63.5 Å². The molecule has 0 saturated carbocycles. The van der Waals surface area contributed by atoms with E-state index in [4.69, 9.17) is 0 Å². The number of likely N-dealkylation sites (tertiary alicyclic amines) is 1. The van der Waals surface area contributed by atoms with Gasteiger partial charge in [-0.15, -0.1) is 0 Å². The summed E-state index contributed by atoms with van der Waals surface area (Å²) in [6.45, 7) is 7.50. The van der Waals surface area contributed by atoms with Crippen molar-refractivity contribution in [1.82, 2.24) is 15.2 Å². The smallest absolute Gasteiger partial charge is 0.248 e. The maximum atomic E-state index is 11.5. The van der Waals surface area contributed by atoms with E-state index in [0.717, 1.165) is 18.9 Å². The lowest BCUT2D eigenvalue weighted by molar-refractivity contribution is 0.176. The highest BCUT2D eigenvalue weighted by molar-refractivity contribution is 5.87. The van der Waals surface area contributed by atoms with Gasteiger partial charge in [0.2, 0.25) is 5.56 Å². The maximum absolute atomic E-state index is 11.5. The van der Waals surface area contributed by atoms with Crippen LogP contribution in [-0.4, -0.2) is 52.8 Å². The molecule has 2 aromatic rings. The Morgan fingerprint density at radius 2 is 1.83 bits per heavy atom. The number of hydrogen-bond acceptors (Lipinski definition) is 5. The van der Waals surface area contributed by atoms with Crippen LogP contribution < -0.4 is 10.9 Å². The van der Waals surface area contributed by atoms with Crippen LogP contribution in [0.4, 0.5) is 0 Å². The number of aromatic nitrogens is 1. The lowest BCUT2D eigenvalue weighted by atomic mass is 9.99. The highest BCUT2D eigenvalue weighted by Gasteiger charge is 2.15. The highest BCUT2D eigenvalue weighted by Crippen LogP contribution is 2.28. The molecule has 2 heterocycles. The number of unbranched alkanes of at least 4 members (excludes halogenated alkanes) is 4. The van der Waals surface area contributed by atoms with Crippen molar-refractivity contribution in [1.29, 1.82) is 0 Å². The van der Waals surface area contributed by atoms with Crippen molar-refractivity contribution in [3.8, 4) is 5.75 Å². The van der Waals surface area contributed by atoms with E-state index in [2.05, 4.69) is 22.1 Å². The van der Waals surface area contributed by atoms with Crippen molar-refractivity contribution >= 4 is 10.9 Å². The van der Waals surface area contributed by atoms with Crippen LogP contribution in [0.5, 0.6) is 5.75 Å². The van der Waals surface area contributed by atoms with Crippen molar-refractivity contribution in [2.45, 2.75) is 58.0 Å². The third-order valence-electron chi connectivity index (χ3n) is 6.31. The number of hydrogen-bond donors (Lipinski definition) is 4. The topological polar surface area (TPSA) is 88.6 Å². The number of fused-ring (bicyclic) bond motifs is 1. The summed E-state index contributed by atoms with van der Waals surface area (Å²) in [6, 6.07) is 6.29. The van der Waals surface area contributed by atoms with Crippen LogP contribution >= 0.6 is 0 Å². The number of pyridine rings is 1. The van der Waals surface area contributed by atoms with Crippen LogP contribution in [0, 0.1) is 5.92 Å². The minimum absolute atomic E-state index is 0.0152. The van der Waals surface area contributed by atoms with Crippen molar-refractivity contribution in [2.24, 2.45) is 5.92 Å². The molecule has 0 unspecified atom stereocenters. The fraction of sp³-hybridized carbons (Fsp3) is 0.625. The van der Waals surface area contributed by atoms with Gasteiger partial charge in [-0.2, -0.15) is 0 Å². The van der Waals surface area contributed by atoms with E-state index in [9.17, 15) is 15.0 Å². The monoisotopic (exact) mass is 415 g/mol. The molecule has 0 bridgehead atoms. The molecule has 1 aliphatic heterocycles.